The van der Waals surface area contributed by atoms with Crippen molar-refractivity contribution in [2.24, 2.45) is 0 Å². The lowest BCUT2D eigenvalue weighted by atomic mass is 9.86. The summed E-state index contributed by atoms with van der Waals surface area (Å²) in [7, 11) is 0. The first kappa shape index (κ1) is 15.3. The molecule has 0 unspecified atom stereocenters. The fourth-order valence-corrected chi connectivity index (χ4v) is 2.04. The predicted octanol–water partition coefficient (Wildman–Crippen LogP) is 3.71. The molecule has 0 heterocycles. The summed E-state index contributed by atoms with van der Waals surface area (Å²) >= 11 is 0. The van der Waals surface area contributed by atoms with E-state index in [1.165, 1.54) is 24.3 Å². The Morgan fingerprint density at radius 2 is 1.38 bits per heavy atom. The van der Waals surface area contributed by atoms with E-state index in [2.05, 4.69) is 0 Å². The zero-order valence-corrected chi connectivity index (χ0v) is 11.0. The second-order valence-corrected chi connectivity index (χ2v) is 4.69. The van der Waals surface area contributed by atoms with E-state index in [0.29, 0.717) is 0 Å². The molecule has 0 aliphatic rings. The lowest BCUT2D eigenvalue weighted by molar-refractivity contribution is -0.264. The van der Waals surface area contributed by atoms with Crippen LogP contribution in [0, 0.1) is 0 Å². The molecular formula is C16H13F3O2. The molecule has 0 aromatic heterocycles. The maximum absolute atomic E-state index is 13.3. The Balaban J connectivity index is 2.37. The third kappa shape index (κ3) is 3.13. The summed E-state index contributed by atoms with van der Waals surface area (Å²) < 4.78 is 39.8. The van der Waals surface area contributed by atoms with Gasteiger partial charge in [0.15, 0.2) is 11.4 Å². The van der Waals surface area contributed by atoms with Gasteiger partial charge in [-0.05, 0) is 5.56 Å². The van der Waals surface area contributed by atoms with Gasteiger partial charge in [0, 0.05) is 5.56 Å². The molecule has 0 spiro atoms. The maximum Gasteiger partial charge on any atom is 0.421 e. The molecule has 2 rings (SSSR count). The van der Waals surface area contributed by atoms with Gasteiger partial charge in [-0.2, -0.15) is 13.2 Å². The van der Waals surface area contributed by atoms with Gasteiger partial charge in [-0.15, -0.1) is 0 Å². The molecular weight excluding hydrogens is 281 g/mol. The molecule has 2 aromatic carbocycles. The van der Waals surface area contributed by atoms with Crippen molar-refractivity contribution in [1.29, 1.82) is 0 Å². The number of carbonyl (C=O) groups is 1. The molecule has 0 amide bonds. The van der Waals surface area contributed by atoms with Crippen molar-refractivity contribution < 1.29 is 23.1 Å². The van der Waals surface area contributed by atoms with Gasteiger partial charge in [0.05, 0.1) is 6.42 Å². The second-order valence-electron chi connectivity index (χ2n) is 4.69. The number of hydrogen-bond acceptors (Lipinski definition) is 2. The molecule has 21 heavy (non-hydrogen) atoms. The molecule has 0 aliphatic carbocycles. The van der Waals surface area contributed by atoms with Crippen LogP contribution in [-0.4, -0.2) is 17.1 Å². The van der Waals surface area contributed by atoms with Gasteiger partial charge in [-0.1, -0.05) is 60.7 Å². The Kier molecular flexibility index (Phi) is 4.14. The molecule has 2 aromatic rings. The van der Waals surface area contributed by atoms with Gasteiger partial charge < -0.3 is 5.11 Å². The normalized spacial score (nSPS) is 14.5. The number of rotatable bonds is 4. The lowest BCUT2D eigenvalue weighted by Crippen LogP contribution is -2.44. The molecule has 2 nitrogen and oxygen atoms in total. The Morgan fingerprint density at radius 1 is 0.905 bits per heavy atom. The number of aliphatic hydroxyl groups is 1. The molecule has 0 fully saturated rings. The van der Waals surface area contributed by atoms with Gasteiger partial charge in [0.1, 0.15) is 0 Å². The Labute approximate surface area is 119 Å². The lowest BCUT2D eigenvalue weighted by Gasteiger charge is -2.30. The summed E-state index contributed by atoms with van der Waals surface area (Å²) in [6.45, 7) is 0. The fourth-order valence-electron chi connectivity index (χ4n) is 2.04. The highest BCUT2D eigenvalue weighted by molar-refractivity contribution is 5.96. The van der Waals surface area contributed by atoms with Crippen LogP contribution in [0.25, 0.3) is 0 Å². The number of carbonyl (C=O) groups excluding carboxylic acids is 1. The first-order valence-corrected chi connectivity index (χ1v) is 6.27. The number of alkyl halides is 3. The molecule has 0 radical (unpaired) electrons. The molecule has 1 N–H and O–H groups in total. The minimum Gasteiger partial charge on any atom is -0.376 e. The van der Waals surface area contributed by atoms with Crippen LogP contribution in [0.2, 0.25) is 0 Å². The predicted molar refractivity (Wildman–Crippen MR) is 71.8 cm³/mol. The van der Waals surface area contributed by atoms with E-state index in [0.717, 1.165) is 12.1 Å². The quantitative estimate of drug-likeness (QED) is 0.873. The number of ketones is 1. The van der Waals surface area contributed by atoms with E-state index in [1.807, 2.05) is 0 Å². The molecule has 0 saturated heterocycles. The van der Waals surface area contributed by atoms with Crippen LogP contribution in [0.15, 0.2) is 60.7 Å². The van der Waals surface area contributed by atoms with Crippen molar-refractivity contribution in [2.75, 3.05) is 0 Å². The van der Waals surface area contributed by atoms with Crippen LogP contribution >= 0.6 is 0 Å². The minimum atomic E-state index is -4.95. The minimum absolute atomic E-state index is 0.135. The van der Waals surface area contributed by atoms with Crippen molar-refractivity contribution in [2.45, 2.75) is 18.2 Å². The molecule has 5 heteroatoms. The Morgan fingerprint density at radius 3 is 1.86 bits per heavy atom. The summed E-state index contributed by atoms with van der Waals surface area (Å²) in [6.07, 6.45) is -6.00. The monoisotopic (exact) mass is 294 g/mol. The molecule has 0 aliphatic heterocycles. The summed E-state index contributed by atoms with van der Waals surface area (Å²) in [5.41, 5.74) is -3.40. The van der Waals surface area contributed by atoms with Crippen molar-refractivity contribution in [3.8, 4) is 0 Å². The molecule has 0 saturated carbocycles. The zero-order chi connectivity index (χ0) is 15.5. The first-order chi connectivity index (χ1) is 9.84. The van der Waals surface area contributed by atoms with Crippen LogP contribution in [0.1, 0.15) is 22.3 Å². The van der Waals surface area contributed by atoms with Crippen molar-refractivity contribution in [3.63, 3.8) is 0 Å². The largest absolute Gasteiger partial charge is 0.421 e. The highest BCUT2D eigenvalue weighted by atomic mass is 19.4. The van der Waals surface area contributed by atoms with Crippen molar-refractivity contribution >= 4 is 5.78 Å². The third-order valence-electron chi connectivity index (χ3n) is 3.23. The van der Waals surface area contributed by atoms with E-state index in [4.69, 9.17) is 0 Å². The molecule has 0 bridgehead atoms. The van der Waals surface area contributed by atoms with Gasteiger partial charge in [-0.25, -0.2) is 0 Å². The number of halogens is 3. The summed E-state index contributed by atoms with van der Waals surface area (Å²) in [4.78, 5) is 12.0. The standard InChI is InChI=1S/C16H13F3O2/c17-16(18,19)15(21,13-9-5-2-6-10-13)11-14(20)12-7-3-1-4-8-12/h1-10,21H,11H2/t15-/m1/s1. The topological polar surface area (TPSA) is 37.3 Å². The molecule has 110 valence electrons. The van der Waals surface area contributed by atoms with Crippen LogP contribution in [0.3, 0.4) is 0 Å². The molecule has 1 atom stereocenters. The average Bonchev–Trinajstić information content (AvgIpc) is 2.47. The van der Waals surface area contributed by atoms with Gasteiger partial charge in [0.2, 0.25) is 0 Å². The summed E-state index contributed by atoms with van der Waals surface area (Å²) in [5.74, 6) is -0.765. The van der Waals surface area contributed by atoms with Crippen molar-refractivity contribution in [1.82, 2.24) is 0 Å². The van der Waals surface area contributed by atoms with Gasteiger partial charge >= 0.3 is 6.18 Å². The van der Waals surface area contributed by atoms with Crippen LogP contribution in [0.4, 0.5) is 13.2 Å². The van der Waals surface area contributed by atoms with E-state index in [9.17, 15) is 23.1 Å². The average molecular weight is 294 g/mol. The Hall–Kier alpha value is -2.14. The zero-order valence-electron chi connectivity index (χ0n) is 11.0. The van der Waals surface area contributed by atoms with E-state index in [-0.39, 0.29) is 11.1 Å². The number of Topliss-reactive ketones (excluding diaryl/α,β-unsaturated/α-hetero) is 1. The van der Waals surface area contributed by atoms with Gasteiger partial charge in [-0.3, -0.25) is 4.79 Å². The van der Waals surface area contributed by atoms with E-state index in [1.54, 1.807) is 24.3 Å². The highest BCUT2D eigenvalue weighted by Crippen LogP contribution is 2.42. The third-order valence-corrected chi connectivity index (χ3v) is 3.23. The SMILES string of the molecule is O=C(C[C@@](O)(c1ccccc1)C(F)(F)F)c1ccccc1. The Bertz CT molecular complexity index is 608. The number of hydrogen-bond donors (Lipinski definition) is 1. The van der Waals surface area contributed by atoms with Crippen LogP contribution in [-0.2, 0) is 5.60 Å². The summed E-state index contributed by atoms with van der Waals surface area (Å²) in [6, 6.07) is 14.2. The second kappa shape index (κ2) is 5.69. The van der Waals surface area contributed by atoms with Crippen LogP contribution < -0.4 is 0 Å². The van der Waals surface area contributed by atoms with Gasteiger partial charge in [0.25, 0.3) is 0 Å². The van der Waals surface area contributed by atoms with Crippen molar-refractivity contribution in [3.05, 3.63) is 71.8 Å². The smallest absolute Gasteiger partial charge is 0.376 e. The highest BCUT2D eigenvalue weighted by Gasteiger charge is 2.55. The van der Waals surface area contributed by atoms with E-state index >= 15 is 0 Å². The van der Waals surface area contributed by atoms with E-state index < -0.39 is 24.0 Å². The fraction of sp³-hybridized carbons (Fsp3) is 0.188. The maximum atomic E-state index is 13.3. The summed E-state index contributed by atoms with van der Waals surface area (Å²) in [5, 5.41) is 10.1. The first-order valence-electron chi connectivity index (χ1n) is 6.27. The van der Waals surface area contributed by atoms with Crippen LogP contribution in [0.5, 0.6) is 0 Å². The number of benzene rings is 2.